The molecule has 0 atom stereocenters. The second kappa shape index (κ2) is 8.08. The maximum Gasteiger partial charge on any atom is 0.343 e. The van der Waals surface area contributed by atoms with Gasteiger partial charge in [-0.25, -0.2) is 18.4 Å². The molecule has 2 aromatic rings. The predicted molar refractivity (Wildman–Crippen MR) is 99.7 cm³/mol. The van der Waals surface area contributed by atoms with Gasteiger partial charge in [-0.15, -0.1) is 0 Å². The lowest BCUT2D eigenvalue weighted by molar-refractivity contribution is -0.142. The van der Waals surface area contributed by atoms with E-state index in [-0.39, 0.29) is 22.1 Å². The van der Waals surface area contributed by atoms with E-state index in [2.05, 4.69) is 4.74 Å². The first-order valence-corrected chi connectivity index (χ1v) is 9.65. The first-order valence-electron chi connectivity index (χ1n) is 7.73. The topological polar surface area (TPSA) is 113 Å². The second-order valence-electron chi connectivity index (χ2n) is 5.75. The number of rotatable bonds is 6. The summed E-state index contributed by atoms with van der Waals surface area (Å²) in [6, 6.07) is 6.99. The van der Waals surface area contributed by atoms with E-state index in [4.69, 9.17) is 21.5 Å². The van der Waals surface area contributed by atoms with Crippen molar-refractivity contribution in [3.63, 3.8) is 0 Å². The van der Waals surface area contributed by atoms with Crippen molar-refractivity contribution in [1.29, 1.82) is 0 Å². The van der Waals surface area contributed by atoms with Crippen LogP contribution in [-0.4, -0.2) is 33.9 Å². The summed E-state index contributed by atoms with van der Waals surface area (Å²) in [7, 11) is -2.81. The number of methoxy groups -OCH3 is 1. The molecule has 0 aromatic heterocycles. The van der Waals surface area contributed by atoms with Crippen molar-refractivity contribution in [3.8, 4) is 5.75 Å². The molecule has 0 fully saturated rings. The lowest BCUT2D eigenvalue weighted by Gasteiger charge is -2.14. The fourth-order valence-electron chi connectivity index (χ4n) is 2.41. The molecule has 0 amide bonds. The molecule has 0 saturated heterocycles. The molecule has 0 radical (unpaired) electrons. The molecule has 7 nitrogen and oxygen atoms in total. The van der Waals surface area contributed by atoms with E-state index in [1.807, 2.05) is 0 Å². The Labute approximate surface area is 162 Å². The SMILES string of the molecule is COC(=O)COc1ccc(C(=O)c2ccc(Cl)c(S(N)(=O)=O)c2)c(C)c1C. The van der Waals surface area contributed by atoms with Crippen LogP contribution in [0.25, 0.3) is 0 Å². The van der Waals surface area contributed by atoms with E-state index in [0.29, 0.717) is 22.4 Å². The Hall–Kier alpha value is -2.42. The van der Waals surface area contributed by atoms with Crippen molar-refractivity contribution in [2.75, 3.05) is 13.7 Å². The number of benzene rings is 2. The zero-order valence-corrected chi connectivity index (χ0v) is 16.5. The molecule has 27 heavy (non-hydrogen) atoms. The molecule has 0 heterocycles. The first kappa shape index (κ1) is 20.9. The van der Waals surface area contributed by atoms with Crippen LogP contribution < -0.4 is 9.88 Å². The third-order valence-corrected chi connectivity index (χ3v) is 5.45. The molecule has 0 bridgehead atoms. The van der Waals surface area contributed by atoms with E-state index in [0.717, 1.165) is 6.07 Å². The standard InChI is InChI=1S/C18H18ClNO6S/c1-10-11(2)15(26-9-17(21)25-3)7-5-13(10)18(22)12-4-6-14(19)16(8-12)27(20,23)24/h4-8H,9H2,1-3H3,(H2,20,23,24). The molecule has 2 N–H and O–H groups in total. The van der Waals surface area contributed by atoms with Gasteiger partial charge in [0.15, 0.2) is 12.4 Å². The smallest absolute Gasteiger partial charge is 0.343 e. The van der Waals surface area contributed by atoms with Crippen LogP contribution in [0.2, 0.25) is 5.02 Å². The lowest BCUT2D eigenvalue weighted by Crippen LogP contribution is -2.15. The summed E-state index contributed by atoms with van der Waals surface area (Å²) in [5.74, 6) is -0.476. The van der Waals surface area contributed by atoms with Crippen LogP contribution in [0.5, 0.6) is 5.75 Å². The fourth-order valence-corrected chi connectivity index (χ4v) is 3.48. The Bertz CT molecular complexity index is 1020. The summed E-state index contributed by atoms with van der Waals surface area (Å²) in [5.41, 5.74) is 1.80. The summed E-state index contributed by atoms with van der Waals surface area (Å²) >= 11 is 5.86. The van der Waals surface area contributed by atoms with Crippen molar-refractivity contribution < 1.29 is 27.5 Å². The highest BCUT2D eigenvalue weighted by molar-refractivity contribution is 7.89. The van der Waals surface area contributed by atoms with Gasteiger partial charge in [0, 0.05) is 11.1 Å². The highest BCUT2D eigenvalue weighted by Crippen LogP contribution is 2.28. The third kappa shape index (κ3) is 4.65. The Balaban J connectivity index is 2.40. The van der Waals surface area contributed by atoms with Gasteiger partial charge in [0.2, 0.25) is 10.0 Å². The Morgan fingerprint density at radius 1 is 1.11 bits per heavy atom. The number of carbonyl (C=O) groups is 2. The predicted octanol–water partition coefficient (Wildman–Crippen LogP) is 2.39. The molecule has 2 rings (SSSR count). The highest BCUT2D eigenvalue weighted by atomic mass is 35.5. The molecule has 0 spiro atoms. The Morgan fingerprint density at radius 2 is 1.78 bits per heavy atom. The van der Waals surface area contributed by atoms with Gasteiger partial charge < -0.3 is 9.47 Å². The quantitative estimate of drug-likeness (QED) is 0.576. The van der Waals surface area contributed by atoms with Crippen LogP contribution >= 0.6 is 11.6 Å². The van der Waals surface area contributed by atoms with Gasteiger partial charge in [-0.1, -0.05) is 11.6 Å². The number of sulfonamides is 1. The monoisotopic (exact) mass is 411 g/mol. The average molecular weight is 412 g/mol. The zero-order chi connectivity index (χ0) is 20.4. The molecular formula is C18H18ClNO6S. The second-order valence-corrected chi connectivity index (χ2v) is 7.68. The number of hydrogen-bond acceptors (Lipinski definition) is 6. The molecule has 0 aliphatic rings. The van der Waals surface area contributed by atoms with Gasteiger partial charge in [-0.3, -0.25) is 4.79 Å². The van der Waals surface area contributed by atoms with Gasteiger partial charge in [0.25, 0.3) is 0 Å². The Morgan fingerprint density at radius 3 is 2.37 bits per heavy atom. The lowest BCUT2D eigenvalue weighted by atomic mass is 9.95. The highest BCUT2D eigenvalue weighted by Gasteiger charge is 2.20. The fraction of sp³-hybridized carbons (Fsp3) is 0.222. The van der Waals surface area contributed by atoms with Crippen LogP contribution in [0.1, 0.15) is 27.0 Å². The van der Waals surface area contributed by atoms with E-state index in [1.54, 1.807) is 26.0 Å². The zero-order valence-electron chi connectivity index (χ0n) is 14.9. The van der Waals surface area contributed by atoms with Crippen LogP contribution in [0.4, 0.5) is 0 Å². The molecule has 144 valence electrons. The number of ether oxygens (including phenoxy) is 2. The van der Waals surface area contributed by atoms with E-state index >= 15 is 0 Å². The molecule has 0 saturated carbocycles. The number of nitrogens with two attached hydrogens (primary N) is 1. The van der Waals surface area contributed by atoms with Gasteiger partial charge in [0.1, 0.15) is 10.6 Å². The van der Waals surface area contributed by atoms with E-state index < -0.39 is 21.8 Å². The van der Waals surface area contributed by atoms with Gasteiger partial charge in [-0.2, -0.15) is 0 Å². The minimum atomic E-state index is -4.06. The van der Waals surface area contributed by atoms with Crippen molar-refractivity contribution in [2.24, 2.45) is 5.14 Å². The molecule has 0 aliphatic heterocycles. The van der Waals surface area contributed by atoms with Crippen molar-refractivity contribution >= 4 is 33.4 Å². The number of esters is 1. The number of halogens is 1. The van der Waals surface area contributed by atoms with Crippen LogP contribution in [0.3, 0.4) is 0 Å². The van der Waals surface area contributed by atoms with Crippen LogP contribution in [0, 0.1) is 13.8 Å². The Kier molecular flexibility index (Phi) is 6.25. The molecule has 2 aromatic carbocycles. The largest absolute Gasteiger partial charge is 0.482 e. The minimum absolute atomic E-state index is 0.0616. The summed E-state index contributed by atoms with van der Waals surface area (Å²) < 4.78 is 33.1. The molecule has 0 aliphatic carbocycles. The summed E-state index contributed by atoms with van der Waals surface area (Å²) in [6.07, 6.45) is 0. The van der Waals surface area contributed by atoms with Gasteiger partial charge in [0.05, 0.1) is 12.1 Å². The minimum Gasteiger partial charge on any atom is -0.482 e. The normalized spacial score (nSPS) is 11.1. The molecule has 9 heteroatoms. The molecular weight excluding hydrogens is 394 g/mol. The van der Waals surface area contributed by atoms with E-state index in [1.165, 1.54) is 19.2 Å². The van der Waals surface area contributed by atoms with E-state index in [9.17, 15) is 18.0 Å². The maximum atomic E-state index is 12.8. The van der Waals surface area contributed by atoms with Crippen molar-refractivity contribution in [1.82, 2.24) is 0 Å². The first-order chi connectivity index (χ1) is 12.6. The van der Waals surface area contributed by atoms with Gasteiger partial charge in [-0.05, 0) is 55.3 Å². The number of carbonyl (C=O) groups excluding carboxylic acids is 2. The number of primary sulfonamides is 1. The van der Waals surface area contributed by atoms with Crippen LogP contribution in [-0.2, 0) is 19.6 Å². The number of hydrogen-bond donors (Lipinski definition) is 1. The molecule has 0 unspecified atom stereocenters. The number of ketones is 1. The maximum absolute atomic E-state index is 12.8. The van der Waals surface area contributed by atoms with Crippen molar-refractivity contribution in [2.45, 2.75) is 18.7 Å². The van der Waals surface area contributed by atoms with Crippen LogP contribution in [0.15, 0.2) is 35.2 Å². The average Bonchev–Trinajstić information content (AvgIpc) is 2.61. The van der Waals surface area contributed by atoms with Crippen molar-refractivity contribution in [3.05, 3.63) is 57.6 Å². The van der Waals surface area contributed by atoms with Gasteiger partial charge >= 0.3 is 5.97 Å². The summed E-state index contributed by atoms with van der Waals surface area (Å²) in [4.78, 5) is 23.7. The summed E-state index contributed by atoms with van der Waals surface area (Å²) in [5, 5.41) is 5.07. The third-order valence-electron chi connectivity index (χ3n) is 4.06. The summed E-state index contributed by atoms with van der Waals surface area (Å²) in [6.45, 7) is 3.22.